The van der Waals surface area contributed by atoms with Crippen molar-refractivity contribution in [2.75, 3.05) is 0 Å². The predicted octanol–water partition coefficient (Wildman–Crippen LogP) is 1.12. The van der Waals surface area contributed by atoms with E-state index in [1.165, 1.54) is 18.2 Å². The summed E-state index contributed by atoms with van der Waals surface area (Å²) in [5, 5.41) is 45.7. The molecule has 14 heteroatoms. The van der Waals surface area contributed by atoms with Crippen LogP contribution in [0.5, 0.6) is 0 Å². The van der Waals surface area contributed by atoms with Crippen molar-refractivity contribution < 1.29 is 67.0 Å². The number of Topliss-reactive ketones (excluding diaryl/α,β-unsaturated/α-hetero) is 4. The maximum Gasteiger partial charge on any atom is 0.449 e. The highest BCUT2D eigenvalue weighted by molar-refractivity contribution is 6.07. The number of fused-ring (bicyclic) bond motifs is 1. The number of carbonyl (C=O) groups is 5. The average molecular weight is 597 g/mol. The van der Waals surface area contributed by atoms with Crippen molar-refractivity contribution >= 4 is 39.7 Å². The van der Waals surface area contributed by atoms with Gasteiger partial charge in [-0.3, -0.25) is 24.0 Å². The number of alkyl halides is 3. The second-order valence-electron chi connectivity index (χ2n) is 9.91. The SMILES string of the molecule is CC(=O)C(O)[C@H]1O[C@@H](OC(=CC(=O)c2ccc3ccccc3c2)C(F)(F)F)[C@@](O)(C(C)=O)[C@](O)(C(C)=O)[C@]1(O)C(C)=O. The van der Waals surface area contributed by atoms with E-state index in [2.05, 4.69) is 0 Å². The van der Waals surface area contributed by atoms with Crippen LogP contribution in [0.25, 0.3) is 10.8 Å². The second-order valence-corrected chi connectivity index (χ2v) is 9.91. The van der Waals surface area contributed by atoms with Crippen molar-refractivity contribution in [3.63, 3.8) is 0 Å². The van der Waals surface area contributed by atoms with Crippen molar-refractivity contribution in [2.45, 2.75) is 69.2 Å². The summed E-state index contributed by atoms with van der Waals surface area (Å²) in [6, 6.07) is 10.6. The molecule has 0 aliphatic carbocycles. The average Bonchev–Trinajstić information content (AvgIpc) is 2.90. The molecule has 4 N–H and O–H groups in total. The Morgan fingerprint density at radius 3 is 1.90 bits per heavy atom. The number of aliphatic hydroxyl groups excluding tert-OH is 1. The lowest BCUT2D eigenvalue weighted by molar-refractivity contribution is -0.371. The lowest BCUT2D eigenvalue weighted by Crippen LogP contribution is -2.87. The van der Waals surface area contributed by atoms with Gasteiger partial charge in [0.15, 0.2) is 34.5 Å². The fraction of sp³-hybridized carbons (Fsp3) is 0.393. The molecule has 0 spiro atoms. The topological polar surface area (TPSA) is 185 Å². The number of ketones is 5. The molecule has 2 aromatic rings. The maximum absolute atomic E-state index is 14.2. The number of benzene rings is 2. The summed E-state index contributed by atoms with van der Waals surface area (Å²) in [6.45, 7) is 2.22. The van der Waals surface area contributed by atoms with Crippen LogP contribution in [-0.2, 0) is 28.7 Å². The summed E-state index contributed by atoms with van der Waals surface area (Å²) in [6.07, 6.45) is -14.0. The molecule has 0 saturated carbocycles. The van der Waals surface area contributed by atoms with E-state index in [0.717, 1.165) is 0 Å². The molecule has 11 nitrogen and oxygen atoms in total. The van der Waals surface area contributed by atoms with Crippen molar-refractivity contribution in [3.8, 4) is 0 Å². The van der Waals surface area contributed by atoms with Crippen LogP contribution in [0.2, 0.25) is 0 Å². The van der Waals surface area contributed by atoms with Gasteiger partial charge in [0.05, 0.1) is 0 Å². The monoisotopic (exact) mass is 596 g/mol. The third kappa shape index (κ3) is 5.05. The highest BCUT2D eigenvalue weighted by Gasteiger charge is 2.80. The maximum atomic E-state index is 14.2. The van der Waals surface area contributed by atoms with E-state index in [1.54, 1.807) is 24.3 Å². The van der Waals surface area contributed by atoms with E-state index in [4.69, 9.17) is 9.47 Å². The first kappa shape index (κ1) is 32.7. The lowest BCUT2D eigenvalue weighted by atomic mass is 9.60. The third-order valence-electron chi connectivity index (χ3n) is 7.22. The van der Waals surface area contributed by atoms with Gasteiger partial charge >= 0.3 is 6.18 Å². The molecule has 1 aliphatic rings. The Morgan fingerprint density at radius 2 is 1.43 bits per heavy atom. The summed E-state index contributed by atoms with van der Waals surface area (Å²) in [5.41, 5.74) is -12.0. The van der Waals surface area contributed by atoms with Crippen LogP contribution in [0.4, 0.5) is 13.2 Å². The Balaban J connectivity index is 2.23. The number of rotatable bonds is 9. The Kier molecular flexibility index (Phi) is 8.65. The number of ether oxygens (including phenoxy) is 2. The van der Waals surface area contributed by atoms with E-state index >= 15 is 0 Å². The molecule has 226 valence electrons. The number of halogens is 3. The molecule has 1 aliphatic heterocycles. The minimum atomic E-state index is -5.54. The summed E-state index contributed by atoms with van der Waals surface area (Å²) in [4.78, 5) is 63.0. The molecule has 1 fully saturated rings. The first-order valence-corrected chi connectivity index (χ1v) is 12.3. The Labute approximate surface area is 236 Å². The molecule has 3 rings (SSSR count). The van der Waals surface area contributed by atoms with Crippen LogP contribution in [0.1, 0.15) is 38.1 Å². The van der Waals surface area contributed by atoms with Gasteiger partial charge in [-0.05, 0) is 44.5 Å². The highest BCUT2D eigenvalue weighted by Crippen LogP contribution is 2.49. The summed E-state index contributed by atoms with van der Waals surface area (Å²) < 4.78 is 52.3. The highest BCUT2D eigenvalue weighted by atomic mass is 19.4. The molecule has 1 heterocycles. The van der Waals surface area contributed by atoms with Gasteiger partial charge < -0.3 is 29.9 Å². The minimum absolute atomic E-state index is 0.0526. The van der Waals surface area contributed by atoms with Gasteiger partial charge in [0.25, 0.3) is 0 Å². The second kappa shape index (κ2) is 11.1. The quantitative estimate of drug-likeness (QED) is 0.185. The van der Waals surface area contributed by atoms with Crippen LogP contribution in [-0.4, -0.2) is 90.8 Å². The van der Waals surface area contributed by atoms with Crippen molar-refractivity contribution in [3.05, 3.63) is 59.9 Å². The Morgan fingerprint density at radius 1 is 0.881 bits per heavy atom. The Bertz CT molecular complexity index is 1500. The van der Waals surface area contributed by atoms with Gasteiger partial charge in [-0.1, -0.05) is 36.4 Å². The van der Waals surface area contributed by atoms with Crippen molar-refractivity contribution in [2.24, 2.45) is 0 Å². The zero-order chi connectivity index (χ0) is 32.0. The van der Waals surface area contributed by atoms with Gasteiger partial charge in [-0.2, -0.15) is 13.2 Å². The first-order chi connectivity index (χ1) is 19.2. The summed E-state index contributed by atoms with van der Waals surface area (Å²) in [7, 11) is 0. The van der Waals surface area contributed by atoms with Gasteiger partial charge in [-0.15, -0.1) is 0 Å². The molecule has 0 bridgehead atoms. The molecule has 6 atom stereocenters. The zero-order valence-electron chi connectivity index (χ0n) is 22.6. The largest absolute Gasteiger partial charge is 0.456 e. The van der Waals surface area contributed by atoms with Crippen molar-refractivity contribution in [1.29, 1.82) is 0 Å². The number of carbonyl (C=O) groups excluding carboxylic acids is 5. The first-order valence-electron chi connectivity index (χ1n) is 12.3. The van der Waals surface area contributed by atoms with E-state index < -0.39 is 76.2 Å². The Hall–Kier alpha value is -3.82. The molecule has 0 amide bonds. The van der Waals surface area contributed by atoms with Crippen LogP contribution in [0.3, 0.4) is 0 Å². The molecule has 0 aromatic heterocycles. The molecule has 42 heavy (non-hydrogen) atoms. The molecular formula is C28H27F3O11. The molecular weight excluding hydrogens is 569 g/mol. The number of allylic oxidation sites excluding steroid dienone is 2. The smallest absolute Gasteiger partial charge is 0.449 e. The van der Waals surface area contributed by atoms with E-state index in [-0.39, 0.29) is 11.6 Å². The van der Waals surface area contributed by atoms with Crippen LogP contribution in [0.15, 0.2) is 54.3 Å². The normalized spacial score (nSPS) is 29.1. The minimum Gasteiger partial charge on any atom is -0.456 e. The number of hydrogen-bond donors (Lipinski definition) is 4. The lowest BCUT2D eigenvalue weighted by Gasteiger charge is -2.57. The van der Waals surface area contributed by atoms with E-state index in [0.29, 0.717) is 38.5 Å². The number of hydrogen-bond acceptors (Lipinski definition) is 11. The fourth-order valence-electron chi connectivity index (χ4n) is 4.88. The van der Waals surface area contributed by atoms with E-state index in [9.17, 15) is 57.6 Å². The van der Waals surface area contributed by atoms with Gasteiger partial charge in [0.1, 0.15) is 12.2 Å². The zero-order valence-corrected chi connectivity index (χ0v) is 22.6. The molecule has 2 aromatic carbocycles. The van der Waals surface area contributed by atoms with Crippen molar-refractivity contribution in [1.82, 2.24) is 0 Å². The van der Waals surface area contributed by atoms with Crippen LogP contribution >= 0.6 is 0 Å². The molecule has 0 radical (unpaired) electrons. The fourth-order valence-corrected chi connectivity index (χ4v) is 4.88. The summed E-state index contributed by atoms with van der Waals surface area (Å²) >= 11 is 0. The van der Waals surface area contributed by atoms with Gasteiger partial charge in [0.2, 0.25) is 23.3 Å². The molecule has 1 unspecified atom stereocenters. The molecule has 1 saturated heterocycles. The standard InChI is InChI=1S/C28H27F3O11/c1-13(32)22(37)23-25(38,14(2)33)27(40,16(4)35)26(39,15(3)34)24(42-23)41-21(28(29,30)31)12-20(36)19-10-9-17-7-5-6-8-18(17)11-19/h5-12,22-24,37-40H,1-4H3/t22?,23-,24-,25+,26+,27+/m1/s1. The van der Waals surface area contributed by atoms with E-state index in [1.807, 2.05) is 0 Å². The van der Waals surface area contributed by atoms with Gasteiger partial charge in [0, 0.05) is 11.6 Å². The summed E-state index contributed by atoms with van der Waals surface area (Å²) in [5.74, 6) is -9.78. The number of aliphatic hydroxyl groups is 4. The third-order valence-corrected chi connectivity index (χ3v) is 7.22. The van der Waals surface area contributed by atoms with Gasteiger partial charge in [-0.25, -0.2) is 0 Å². The predicted molar refractivity (Wildman–Crippen MR) is 136 cm³/mol. The van der Waals surface area contributed by atoms with Crippen LogP contribution in [0, 0.1) is 0 Å². The van der Waals surface area contributed by atoms with Crippen LogP contribution < -0.4 is 0 Å².